The molecule has 1 fully saturated rings. The fourth-order valence-electron chi connectivity index (χ4n) is 2.80. The molecule has 0 spiro atoms. The van der Waals surface area contributed by atoms with E-state index in [1.54, 1.807) is 17.0 Å². The number of carboxylic acid groups (broad SMARTS) is 1. The van der Waals surface area contributed by atoms with Gasteiger partial charge in [-0.3, -0.25) is 14.4 Å². The maximum Gasteiger partial charge on any atom is 0.308 e. The molecule has 1 saturated heterocycles. The van der Waals surface area contributed by atoms with Gasteiger partial charge < -0.3 is 20.1 Å². The van der Waals surface area contributed by atoms with E-state index in [1.807, 2.05) is 0 Å². The van der Waals surface area contributed by atoms with Gasteiger partial charge in [-0.05, 0) is 40.9 Å². The number of rotatable bonds is 2. The zero-order chi connectivity index (χ0) is 16.6. The molecule has 3 rings (SSSR count). The number of carboxylic acids is 1. The maximum absolute atomic E-state index is 12.7. The minimum absolute atomic E-state index is 0.0902. The number of aliphatic carboxylic acids is 1. The lowest BCUT2D eigenvalue weighted by atomic mass is 9.97. The van der Waals surface area contributed by atoms with E-state index in [0.29, 0.717) is 40.9 Å². The molecule has 0 radical (unpaired) electrons. The second kappa shape index (κ2) is 6.19. The van der Waals surface area contributed by atoms with E-state index in [4.69, 9.17) is 9.84 Å². The van der Waals surface area contributed by atoms with Crippen LogP contribution in [0.1, 0.15) is 23.2 Å². The Kier molecular flexibility index (Phi) is 4.25. The zero-order valence-electron chi connectivity index (χ0n) is 12.2. The number of carbonyl (C=O) groups excluding carboxylic acids is 2. The Labute approximate surface area is 140 Å². The lowest BCUT2D eigenvalue weighted by molar-refractivity contribution is -0.143. The van der Waals surface area contributed by atoms with Gasteiger partial charge in [-0.2, -0.15) is 0 Å². The van der Waals surface area contributed by atoms with Gasteiger partial charge >= 0.3 is 5.97 Å². The van der Waals surface area contributed by atoms with Crippen molar-refractivity contribution in [2.24, 2.45) is 5.92 Å². The zero-order valence-corrected chi connectivity index (χ0v) is 13.8. The summed E-state index contributed by atoms with van der Waals surface area (Å²) in [5.41, 5.74) is 0.901. The second-order valence-electron chi connectivity index (χ2n) is 5.59. The summed E-state index contributed by atoms with van der Waals surface area (Å²) in [5.74, 6) is -1.46. The van der Waals surface area contributed by atoms with Crippen LogP contribution in [0.2, 0.25) is 0 Å². The molecule has 1 atom stereocenters. The molecule has 2 N–H and O–H groups in total. The highest BCUT2D eigenvalue weighted by Gasteiger charge is 2.30. The first kappa shape index (κ1) is 15.8. The lowest BCUT2D eigenvalue weighted by Crippen LogP contribution is -2.42. The average molecular weight is 383 g/mol. The largest absolute Gasteiger partial charge is 0.482 e. The number of benzene rings is 1. The van der Waals surface area contributed by atoms with Crippen LogP contribution >= 0.6 is 15.9 Å². The highest BCUT2D eigenvalue weighted by Crippen LogP contribution is 2.34. The maximum atomic E-state index is 12.7. The summed E-state index contributed by atoms with van der Waals surface area (Å²) in [6.45, 7) is 0.645. The Hall–Kier alpha value is -2.09. The quantitative estimate of drug-likeness (QED) is 0.811. The highest BCUT2D eigenvalue weighted by atomic mass is 79.9. The number of carbonyl (C=O) groups is 3. The summed E-state index contributed by atoms with van der Waals surface area (Å²) >= 11 is 3.34. The number of fused-ring (bicyclic) bond motifs is 1. The fraction of sp³-hybridized carbons (Fsp3) is 0.400. The van der Waals surface area contributed by atoms with Crippen molar-refractivity contribution < 1.29 is 24.2 Å². The Bertz CT molecular complexity index is 691. The van der Waals surface area contributed by atoms with Crippen LogP contribution < -0.4 is 10.1 Å². The Morgan fingerprint density at radius 1 is 1.39 bits per heavy atom. The van der Waals surface area contributed by atoms with Crippen molar-refractivity contribution in [1.29, 1.82) is 0 Å². The first-order chi connectivity index (χ1) is 11.0. The molecule has 2 amide bonds. The van der Waals surface area contributed by atoms with E-state index in [1.165, 1.54) is 0 Å². The molecule has 23 heavy (non-hydrogen) atoms. The Morgan fingerprint density at radius 2 is 2.17 bits per heavy atom. The summed E-state index contributed by atoms with van der Waals surface area (Å²) in [5, 5.41) is 11.8. The molecule has 1 aromatic rings. The van der Waals surface area contributed by atoms with Crippen molar-refractivity contribution in [3.63, 3.8) is 0 Å². The number of hydrogen-bond acceptors (Lipinski definition) is 4. The molecule has 0 aliphatic carbocycles. The molecular formula is C15H15BrN2O5. The van der Waals surface area contributed by atoms with Gasteiger partial charge in [-0.1, -0.05) is 0 Å². The summed E-state index contributed by atoms with van der Waals surface area (Å²) in [6.07, 6.45) is 1.25. The van der Waals surface area contributed by atoms with E-state index < -0.39 is 11.9 Å². The summed E-state index contributed by atoms with van der Waals surface area (Å²) in [6, 6.07) is 3.20. The summed E-state index contributed by atoms with van der Waals surface area (Å²) in [7, 11) is 0. The number of anilines is 1. The van der Waals surface area contributed by atoms with Crippen molar-refractivity contribution in [3.8, 4) is 5.75 Å². The van der Waals surface area contributed by atoms with Gasteiger partial charge in [-0.25, -0.2) is 0 Å². The van der Waals surface area contributed by atoms with Crippen LogP contribution in [0.15, 0.2) is 16.6 Å². The highest BCUT2D eigenvalue weighted by molar-refractivity contribution is 9.10. The van der Waals surface area contributed by atoms with E-state index in [0.717, 1.165) is 0 Å². The van der Waals surface area contributed by atoms with E-state index >= 15 is 0 Å². The molecular weight excluding hydrogens is 368 g/mol. The number of nitrogens with one attached hydrogen (secondary N) is 1. The van der Waals surface area contributed by atoms with Crippen LogP contribution in [0.25, 0.3) is 0 Å². The standard InChI is InChI=1S/C15H15BrN2O5/c16-10-5-11-12(23-7-13(19)17-11)4-9(10)14(20)18-3-1-2-8(6-18)15(21)22/h4-5,8H,1-3,6-7H2,(H,17,19)(H,21,22). The first-order valence-electron chi connectivity index (χ1n) is 7.24. The monoisotopic (exact) mass is 382 g/mol. The first-order valence-corrected chi connectivity index (χ1v) is 8.03. The predicted molar refractivity (Wildman–Crippen MR) is 84.5 cm³/mol. The fourth-order valence-corrected chi connectivity index (χ4v) is 3.31. The average Bonchev–Trinajstić information content (AvgIpc) is 2.53. The summed E-state index contributed by atoms with van der Waals surface area (Å²) in [4.78, 5) is 36.7. The third-order valence-electron chi connectivity index (χ3n) is 3.99. The number of ether oxygens (including phenoxy) is 1. The van der Waals surface area contributed by atoms with Crippen molar-refractivity contribution in [2.45, 2.75) is 12.8 Å². The molecule has 2 heterocycles. The second-order valence-corrected chi connectivity index (χ2v) is 6.45. The molecule has 2 aliphatic rings. The van der Waals surface area contributed by atoms with Crippen LogP contribution in [0.5, 0.6) is 5.75 Å². The van der Waals surface area contributed by atoms with Crippen molar-refractivity contribution in [2.75, 3.05) is 25.0 Å². The topological polar surface area (TPSA) is 95.9 Å². The number of likely N-dealkylation sites (tertiary alicyclic amines) is 1. The molecule has 7 nitrogen and oxygen atoms in total. The van der Waals surface area contributed by atoms with Gasteiger partial charge in [0, 0.05) is 17.6 Å². The number of halogens is 1. The SMILES string of the molecule is O=C1COc2cc(C(=O)N3CCCC(C(=O)O)C3)c(Br)cc2N1. The number of hydrogen-bond donors (Lipinski definition) is 2. The van der Waals surface area contributed by atoms with Gasteiger partial charge in [0.2, 0.25) is 0 Å². The number of nitrogens with zero attached hydrogens (tertiary/aromatic N) is 1. The van der Waals surface area contributed by atoms with Crippen LogP contribution in [0.4, 0.5) is 5.69 Å². The van der Waals surface area contributed by atoms with Crippen LogP contribution in [-0.4, -0.2) is 47.5 Å². The molecule has 1 unspecified atom stereocenters. The lowest BCUT2D eigenvalue weighted by Gasteiger charge is -2.31. The normalized spacial score (nSPS) is 20.3. The van der Waals surface area contributed by atoms with Crippen LogP contribution in [-0.2, 0) is 9.59 Å². The van der Waals surface area contributed by atoms with E-state index in [2.05, 4.69) is 21.2 Å². The van der Waals surface area contributed by atoms with Gasteiger partial charge in [-0.15, -0.1) is 0 Å². The number of amides is 2. The Morgan fingerprint density at radius 3 is 2.91 bits per heavy atom. The smallest absolute Gasteiger partial charge is 0.308 e. The molecule has 0 saturated carbocycles. The van der Waals surface area contributed by atoms with E-state index in [-0.39, 0.29) is 25.0 Å². The van der Waals surface area contributed by atoms with Gasteiger partial charge in [0.05, 0.1) is 17.2 Å². The minimum Gasteiger partial charge on any atom is -0.482 e. The molecule has 2 aliphatic heterocycles. The van der Waals surface area contributed by atoms with Crippen LogP contribution in [0, 0.1) is 5.92 Å². The predicted octanol–water partition coefficient (Wildman–Crippen LogP) is 1.72. The molecule has 122 valence electrons. The minimum atomic E-state index is -0.877. The van der Waals surface area contributed by atoms with Crippen molar-refractivity contribution in [3.05, 3.63) is 22.2 Å². The van der Waals surface area contributed by atoms with Gasteiger partial charge in [0.15, 0.2) is 6.61 Å². The number of piperidine rings is 1. The van der Waals surface area contributed by atoms with Crippen molar-refractivity contribution in [1.82, 2.24) is 4.90 Å². The van der Waals surface area contributed by atoms with Crippen LogP contribution in [0.3, 0.4) is 0 Å². The van der Waals surface area contributed by atoms with Gasteiger partial charge in [0.1, 0.15) is 5.75 Å². The summed E-state index contributed by atoms with van der Waals surface area (Å²) < 4.78 is 5.86. The molecule has 8 heteroatoms. The third kappa shape index (κ3) is 3.17. The Balaban J connectivity index is 1.85. The molecule has 0 bridgehead atoms. The van der Waals surface area contributed by atoms with Crippen molar-refractivity contribution >= 4 is 39.4 Å². The molecule has 0 aromatic heterocycles. The van der Waals surface area contributed by atoms with Gasteiger partial charge in [0.25, 0.3) is 11.8 Å². The third-order valence-corrected chi connectivity index (χ3v) is 4.65. The van der Waals surface area contributed by atoms with E-state index in [9.17, 15) is 14.4 Å². The molecule has 1 aromatic carbocycles.